The SMILES string of the molecule is COc1ccc(S(=O)(=O)N(C)C[C@@H]2OCCCC[C@H](C)Oc3ccc(NC(=O)CCC(F)(F)F)cc3C(=O)N([C@H](C)CO)C[C@H]2C)cc1. The summed E-state index contributed by atoms with van der Waals surface area (Å²) in [6, 6.07) is 9.64. The van der Waals surface area contributed by atoms with Gasteiger partial charge < -0.3 is 29.5 Å². The molecule has 3 rings (SSSR count). The Bertz CT molecular complexity index is 1470. The molecule has 0 spiro atoms. The smallest absolute Gasteiger partial charge is 0.389 e. The van der Waals surface area contributed by atoms with Gasteiger partial charge in [-0.05, 0) is 75.6 Å². The fraction of sp³-hybridized carbons (Fsp3) is 0.576. The van der Waals surface area contributed by atoms with Crippen molar-refractivity contribution >= 4 is 27.5 Å². The normalized spacial score (nSPS) is 20.8. The molecule has 0 aliphatic carbocycles. The zero-order valence-corrected chi connectivity index (χ0v) is 28.8. The van der Waals surface area contributed by atoms with E-state index in [4.69, 9.17) is 14.2 Å². The van der Waals surface area contributed by atoms with Gasteiger partial charge in [0.25, 0.3) is 5.91 Å². The molecule has 2 aromatic rings. The summed E-state index contributed by atoms with van der Waals surface area (Å²) in [5, 5.41) is 12.6. The van der Waals surface area contributed by atoms with Crippen molar-refractivity contribution in [2.75, 3.05) is 45.8 Å². The number of carbonyl (C=O) groups is 2. The van der Waals surface area contributed by atoms with Crippen LogP contribution in [0.25, 0.3) is 0 Å². The van der Waals surface area contributed by atoms with Crippen LogP contribution in [0.2, 0.25) is 0 Å². The molecule has 0 fully saturated rings. The molecule has 0 aromatic heterocycles. The first kappa shape index (κ1) is 39.0. The molecular formula is C33H46F3N3O8S. The molecule has 2 N–H and O–H groups in total. The molecule has 11 nitrogen and oxygen atoms in total. The number of aliphatic hydroxyl groups excluding tert-OH is 1. The molecule has 268 valence electrons. The number of anilines is 1. The number of aliphatic hydroxyl groups is 1. The Kier molecular flexibility index (Phi) is 14.1. The van der Waals surface area contributed by atoms with Crippen LogP contribution in [0.15, 0.2) is 47.4 Å². The van der Waals surface area contributed by atoms with Crippen LogP contribution in [0.5, 0.6) is 11.5 Å². The number of sulfonamides is 1. The number of fused-ring (bicyclic) bond motifs is 1. The number of hydrogen-bond acceptors (Lipinski definition) is 8. The molecule has 15 heteroatoms. The van der Waals surface area contributed by atoms with Crippen LogP contribution in [-0.2, 0) is 19.6 Å². The third-order valence-electron chi connectivity index (χ3n) is 8.18. The van der Waals surface area contributed by atoms with Crippen LogP contribution < -0.4 is 14.8 Å². The highest BCUT2D eigenvalue weighted by Gasteiger charge is 2.33. The number of carbonyl (C=O) groups excluding carboxylic acids is 2. The first-order chi connectivity index (χ1) is 22.5. The Morgan fingerprint density at radius 2 is 1.85 bits per heavy atom. The average Bonchev–Trinajstić information content (AvgIpc) is 3.04. The van der Waals surface area contributed by atoms with Crippen molar-refractivity contribution in [1.29, 1.82) is 0 Å². The maximum atomic E-state index is 14.2. The second-order valence-corrected chi connectivity index (χ2v) is 14.2. The number of nitrogens with one attached hydrogen (secondary N) is 1. The van der Waals surface area contributed by atoms with Crippen LogP contribution in [0, 0.1) is 5.92 Å². The van der Waals surface area contributed by atoms with E-state index in [0.29, 0.717) is 31.6 Å². The monoisotopic (exact) mass is 701 g/mol. The van der Waals surface area contributed by atoms with Crippen LogP contribution in [0.4, 0.5) is 18.9 Å². The molecule has 1 aliphatic heterocycles. The van der Waals surface area contributed by atoms with E-state index >= 15 is 0 Å². The van der Waals surface area contributed by atoms with Gasteiger partial charge in [0.15, 0.2) is 0 Å². The van der Waals surface area contributed by atoms with Gasteiger partial charge in [-0.3, -0.25) is 9.59 Å². The number of likely N-dealkylation sites (N-methyl/N-ethyl adjacent to an activating group) is 1. The maximum Gasteiger partial charge on any atom is 0.389 e. The third-order valence-corrected chi connectivity index (χ3v) is 10.0. The summed E-state index contributed by atoms with van der Waals surface area (Å²) < 4.78 is 83.6. The molecule has 1 aliphatic rings. The molecule has 0 bridgehead atoms. The lowest BCUT2D eigenvalue weighted by Crippen LogP contribution is -2.48. The quantitative estimate of drug-likeness (QED) is 0.350. The third kappa shape index (κ3) is 11.1. The van der Waals surface area contributed by atoms with Crippen molar-refractivity contribution in [3.8, 4) is 11.5 Å². The van der Waals surface area contributed by atoms with Gasteiger partial charge in [-0.1, -0.05) is 6.92 Å². The minimum atomic E-state index is -4.50. The molecule has 0 radical (unpaired) electrons. The first-order valence-corrected chi connectivity index (χ1v) is 17.3. The molecule has 2 aromatic carbocycles. The van der Waals surface area contributed by atoms with Gasteiger partial charge >= 0.3 is 6.18 Å². The van der Waals surface area contributed by atoms with E-state index in [1.807, 2.05) is 13.8 Å². The largest absolute Gasteiger partial charge is 0.497 e. The predicted octanol–water partition coefficient (Wildman–Crippen LogP) is 5.09. The molecule has 0 unspecified atom stereocenters. The zero-order chi connectivity index (χ0) is 35.6. The van der Waals surface area contributed by atoms with Crippen LogP contribution in [0.3, 0.4) is 0 Å². The highest BCUT2D eigenvalue weighted by molar-refractivity contribution is 7.89. The molecule has 1 heterocycles. The Morgan fingerprint density at radius 3 is 2.48 bits per heavy atom. The summed E-state index contributed by atoms with van der Waals surface area (Å²) >= 11 is 0. The number of amides is 2. The summed E-state index contributed by atoms with van der Waals surface area (Å²) in [6.07, 6.45) is -5.55. The second-order valence-electron chi connectivity index (χ2n) is 12.1. The molecule has 0 saturated heterocycles. The Balaban J connectivity index is 1.93. The number of benzene rings is 2. The van der Waals surface area contributed by atoms with Gasteiger partial charge in [0, 0.05) is 44.8 Å². The summed E-state index contributed by atoms with van der Waals surface area (Å²) in [6.45, 7) is 5.30. The van der Waals surface area contributed by atoms with E-state index in [1.165, 1.54) is 53.7 Å². The van der Waals surface area contributed by atoms with Gasteiger partial charge in [-0.2, -0.15) is 17.5 Å². The number of methoxy groups -OCH3 is 1. The Hall–Kier alpha value is -3.40. The Labute approximate surface area is 280 Å². The molecular weight excluding hydrogens is 655 g/mol. The van der Waals surface area contributed by atoms with E-state index in [0.717, 1.165) is 0 Å². The lowest BCUT2D eigenvalue weighted by molar-refractivity contribution is -0.142. The zero-order valence-electron chi connectivity index (χ0n) is 28.0. The summed E-state index contributed by atoms with van der Waals surface area (Å²) in [7, 11) is -0.960. The van der Waals surface area contributed by atoms with Gasteiger partial charge in [0.2, 0.25) is 15.9 Å². The van der Waals surface area contributed by atoms with E-state index in [9.17, 15) is 36.3 Å². The molecule has 48 heavy (non-hydrogen) atoms. The van der Waals surface area contributed by atoms with Crippen LogP contribution >= 0.6 is 0 Å². The molecule has 2 amide bonds. The number of ether oxygens (including phenoxy) is 3. The number of alkyl halides is 3. The van der Waals surface area contributed by atoms with Gasteiger partial charge in [-0.15, -0.1) is 0 Å². The van der Waals surface area contributed by atoms with E-state index in [2.05, 4.69) is 5.32 Å². The van der Waals surface area contributed by atoms with Crippen LogP contribution in [0.1, 0.15) is 63.2 Å². The predicted molar refractivity (Wildman–Crippen MR) is 174 cm³/mol. The van der Waals surface area contributed by atoms with Crippen molar-refractivity contribution < 1.29 is 50.5 Å². The lowest BCUT2D eigenvalue weighted by atomic mass is 10.0. The highest BCUT2D eigenvalue weighted by Crippen LogP contribution is 2.29. The van der Waals surface area contributed by atoms with Crippen molar-refractivity contribution in [3.63, 3.8) is 0 Å². The summed E-state index contributed by atoms with van der Waals surface area (Å²) in [5.41, 5.74) is 0.166. The first-order valence-electron chi connectivity index (χ1n) is 15.9. The minimum absolute atomic E-state index is 0.0186. The van der Waals surface area contributed by atoms with Gasteiger partial charge in [-0.25, -0.2) is 8.42 Å². The topological polar surface area (TPSA) is 135 Å². The van der Waals surface area contributed by atoms with Crippen molar-refractivity contribution in [2.45, 2.75) is 82.2 Å². The summed E-state index contributed by atoms with van der Waals surface area (Å²) in [5.74, 6) is -1.10. The van der Waals surface area contributed by atoms with Crippen LogP contribution in [-0.4, -0.2) is 99.4 Å². The molecule has 4 atom stereocenters. The van der Waals surface area contributed by atoms with Crippen molar-refractivity contribution in [2.24, 2.45) is 5.92 Å². The summed E-state index contributed by atoms with van der Waals surface area (Å²) in [4.78, 5) is 28.0. The second kappa shape index (κ2) is 17.3. The van der Waals surface area contributed by atoms with E-state index in [1.54, 1.807) is 19.1 Å². The lowest BCUT2D eigenvalue weighted by Gasteiger charge is -2.35. The van der Waals surface area contributed by atoms with Gasteiger partial charge in [0.05, 0.1) is 48.8 Å². The minimum Gasteiger partial charge on any atom is -0.497 e. The van der Waals surface area contributed by atoms with E-state index < -0.39 is 65.5 Å². The van der Waals surface area contributed by atoms with Crippen molar-refractivity contribution in [3.05, 3.63) is 48.0 Å². The highest BCUT2D eigenvalue weighted by atomic mass is 32.2. The fourth-order valence-electron chi connectivity index (χ4n) is 5.22. The van der Waals surface area contributed by atoms with Crippen molar-refractivity contribution in [1.82, 2.24) is 9.21 Å². The molecule has 0 saturated carbocycles. The number of halogens is 3. The standard InChI is InChI=1S/C33H46F3N3O8S/c1-22-19-39(23(2)21-40)32(42)28-18-25(37-31(41)15-16-33(34,35)36)9-14-29(28)47-24(3)8-6-7-17-46-30(22)20-38(4)48(43,44)27-12-10-26(45-5)11-13-27/h9-14,18,22-24,30,40H,6-8,15-17,19-21H2,1-5H3,(H,37,41)/t22-,23-,24+,30+/m1/s1. The van der Waals surface area contributed by atoms with Gasteiger partial charge in [0.1, 0.15) is 11.5 Å². The average molecular weight is 702 g/mol. The number of nitrogens with zero attached hydrogens (tertiary/aromatic N) is 2. The maximum absolute atomic E-state index is 14.2. The number of hydrogen-bond donors (Lipinski definition) is 2. The van der Waals surface area contributed by atoms with E-state index in [-0.39, 0.29) is 41.1 Å². The Morgan fingerprint density at radius 1 is 1.17 bits per heavy atom. The number of rotatable bonds is 10. The fourth-order valence-corrected chi connectivity index (χ4v) is 6.40.